The van der Waals surface area contributed by atoms with Crippen LogP contribution in [0.3, 0.4) is 0 Å². The van der Waals surface area contributed by atoms with Crippen LogP contribution in [-0.4, -0.2) is 62.2 Å². The van der Waals surface area contributed by atoms with Gasteiger partial charge in [0.05, 0.1) is 18.8 Å². The van der Waals surface area contributed by atoms with Gasteiger partial charge in [-0.15, -0.1) is 4.36 Å². The number of nitrogens with one attached hydrogen (secondary N) is 2. The first-order chi connectivity index (χ1) is 26.6. The van der Waals surface area contributed by atoms with Crippen LogP contribution in [0.1, 0.15) is 57.7 Å². The molecule has 14 heteroatoms. The Morgan fingerprint density at radius 1 is 0.964 bits per heavy atom. The number of carboxylic acid groups (broad SMARTS) is 1. The number of alkyl halides is 2. The number of carbonyl (C=O) groups is 2. The molecule has 1 aromatic heterocycles. The van der Waals surface area contributed by atoms with E-state index in [2.05, 4.69) is 19.5 Å². The Kier molecular flexibility index (Phi) is 9.64. The summed E-state index contributed by atoms with van der Waals surface area (Å²) in [5.74, 6) is -0.986. The molecule has 11 nitrogen and oxygen atoms in total. The van der Waals surface area contributed by atoms with E-state index in [0.717, 1.165) is 34.4 Å². The molecular weight excluding hydrogens is 727 g/mol. The zero-order valence-corrected chi connectivity index (χ0v) is 30.8. The Balaban J connectivity index is 1.32. The van der Waals surface area contributed by atoms with E-state index >= 15 is 4.21 Å². The molecule has 0 saturated heterocycles. The SMILES string of the molecule is CN(C(=O)O)[C@@H]1COc2c(S(=O)(=NC(=O)Nc3c4c(cc5c3C(C(F)F)CC5)CCC4)NC(c3ccccc3)(c3ccccc3)c3ccccc3)cnn2C1. The van der Waals surface area contributed by atoms with Gasteiger partial charge in [-0.25, -0.2) is 32.0 Å². The summed E-state index contributed by atoms with van der Waals surface area (Å²) in [7, 11) is -2.69. The Morgan fingerprint density at radius 2 is 1.58 bits per heavy atom. The monoisotopic (exact) mass is 766 g/mol. The van der Waals surface area contributed by atoms with Gasteiger partial charge in [-0.3, -0.25) is 0 Å². The summed E-state index contributed by atoms with van der Waals surface area (Å²) in [6.45, 7) is 0.0278. The molecule has 55 heavy (non-hydrogen) atoms. The highest BCUT2D eigenvalue weighted by Crippen LogP contribution is 2.47. The lowest BCUT2D eigenvalue weighted by Gasteiger charge is -2.37. The van der Waals surface area contributed by atoms with Gasteiger partial charge in [-0.05, 0) is 71.0 Å². The van der Waals surface area contributed by atoms with Crippen LogP contribution in [0.15, 0.2) is 113 Å². The summed E-state index contributed by atoms with van der Waals surface area (Å²) in [4.78, 5) is 27.3. The molecule has 2 unspecified atom stereocenters. The van der Waals surface area contributed by atoms with Crippen LogP contribution < -0.4 is 14.8 Å². The van der Waals surface area contributed by atoms with Gasteiger partial charge in [-0.1, -0.05) is 97.1 Å². The van der Waals surface area contributed by atoms with Crippen molar-refractivity contribution in [1.82, 2.24) is 19.4 Å². The largest absolute Gasteiger partial charge is 0.475 e. The number of rotatable bonds is 9. The first-order valence-electron chi connectivity index (χ1n) is 18.2. The van der Waals surface area contributed by atoms with Crippen LogP contribution in [0.2, 0.25) is 0 Å². The van der Waals surface area contributed by atoms with Crippen molar-refractivity contribution in [3.63, 3.8) is 0 Å². The molecule has 2 aliphatic carbocycles. The lowest BCUT2D eigenvalue weighted by atomic mass is 9.78. The van der Waals surface area contributed by atoms with Gasteiger partial charge in [-0.2, -0.15) is 5.10 Å². The Bertz CT molecular complexity index is 2270. The highest BCUT2D eigenvalue weighted by Gasteiger charge is 2.43. The number of likely N-dealkylation sites (N-methyl/N-ethyl adjacent to an activating group) is 1. The maximum Gasteiger partial charge on any atom is 0.407 e. The smallest absolute Gasteiger partial charge is 0.407 e. The molecule has 284 valence electrons. The zero-order chi connectivity index (χ0) is 38.3. The van der Waals surface area contributed by atoms with Gasteiger partial charge in [0.1, 0.15) is 17.0 Å². The summed E-state index contributed by atoms with van der Waals surface area (Å²) in [6, 6.07) is 28.6. The summed E-state index contributed by atoms with van der Waals surface area (Å²) in [5, 5.41) is 17.0. The van der Waals surface area contributed by atoms with E-state index in [1.165, 1.54) is 17.9 Å². The quantitative estimate of drug-likeness (QED) is 0.132. The van der Waals surface area contributed by atoms with E-state index < -0.39 is 46.0 Å². The van der Waals surface area contributed by atoms with Gasteiger partial charge in [0.15, 0.2) is 9.92 Å². The fourth-order valence-electron chi connectivity index (χ4n) is 8.27. The number of fused-ring (bicyclic) bond motifs is 3. The number of nitrogens with zero attached hydrogens (tertiary/aromatic N) is 4. The third-order valence-electron chi connectivity index (χ3n) is 11.0. The van der Waals surface area contributed by atoms with Gasteiger partial charge >= 0.3 is 12.1 Å². The molecule has 1 aliphatic heterocycles. The Hall–Kier alpha value is -5.60. The molecule has 0 radical (unpaired) electrons. The van der Waals surface area contributed by atoms with Crippen molar-refractivity contribution in [2.45, 2.75) is 67.5 Å². The second-order valence-corrected chi connectivity index (χ2v) is 16.0. The van der Waals surface area contributed by atoms with E-state index in [1.54, 1.807) is 0 Å². The van der Waals surface area contributed by atoms with E-state index in [0.29, 0.717) is 40.8 Å². The average Bonchev–Trinajstić information content (AvgIpc) is 3.96. The number of aromatic nitrogens is 2. The van der Waals surface area contributed by atoms with Crippen LogP contribution in [-0.2, 0) is 41.3 Å². The molecule has 4 aromatic carbocycles. The fraction of sp³-hybridized carbons (Fsp3) is 0.293. The lowest BCUT2D eigenvalue weighted by Crippen LogP contribution is -2.48. The number of halogens is 2. The maximum atomic E-state index is 16.1. The zero-order valence-electron chi connectivity index (χ0n) is 30.0. The number of ether oxygens (including phenoxy) is 1. The van der Waals surface area contributed by atoms with Gasteiger partial charge < -0.3 is 20.1 Å². The molecule has 8 rings (SSSR count). The van der Waals surface area contributed by atoms with Crippen molar-refractivity contribution >= 4 is 27.7 Å². The maximum absolute atomic E-state index is 16.1. The molecule has 3 amide bonds. The predicted octanol–water partition coefficient (Wildman–Crippen LogP) is 7.59. The van der Waals surface area contributed by atoms with Crippen LogP contribution in [0, 0.1) is 0 Å². The highest BCUT2D eigenvalue weighted by atomic mass is 32.2. The molecule has 0 fully saturated rings. The van der Waals surface area contributed by atoms with Crippen molar-refractivity contribution in [1.29, 1.82) is 0 Å². The molecular formula is C41H40F2N6O5S. The number of carbonyl (C=O) groups excluding carboxylic acids is 1. The van der Waals surface area contributed by atoms with E-state index in [1.807, 2.05) is 97.1 Å². The van der Waals surface area contributed by atoms with Crippen LogP contribution in [0.5, 0.6) is 5.88 Å². The Labute approximate surface area is 317 Å². The number of urea groups is 1. The third kappa shape index (κ3) is 6.52. The fourth-order valence-corrected chi connectivity index (χ4v) is 10.2. The van der Waals surface area contributed by atoms with E-state index in [9.17, 15) is 23.5 Å². The minimum atomic E-state index is -4.12. The average molecular weight is 767 g/mol. The number of benzene rings is 4. The Morgan fingerprint density at radius 3 is 2.16 bits per heavy atom. The second-order valence-electron chi connectivity index (χ2n) is 14.1. The molecule has 3 N–H and O–H groups in total. The normalized spacial score (nSPS) is 18.4. The van der Waals surface area contributed by atoms with Gasteiger partial charge in [0.25, 0.3) is 0 Å². The van der Waals surface area contributed by atoms with E-state index in [-0.39, 0.29) is 30.3 Å². The molecule has 3 atom stereocenters. The summed E-state index contributed by atoms with van der Waals surface area (Å²) in [5.41, 5.74) is 4.06. The number of anilines is 1. The molecule has 2 heterocycles. The standard InChI is InChI=1S/C41H40F2N6O5S/c1-48(40(51)52)31-24-49-38(54-25-31)34(23-44-49)55(53,46-39(50)45-36-32-19-11-12-26(32)22-27-20-21-33(35(27)36)37(42)43)47-41(28-13-5-2-6-14-28,29-15-7-3-8-16-29)30-17-9-4-10-18-30/h2-10,13-18,22-23,31,33,37H,11-12,19-21,24-25H2,1H3,(H,51,52)(H2,45,46,47,50,53)/t31-,33?,55?/m0/s1. The number of hydrogen-bond donors (Lipinski definition) is 3. The molecule has 0 bridgehead atoms. The minimum Gasteiger partial charge on any atom is -0.475 e. The minimum absolute atomic E-state index is 0.0276. The van der Waals surface area contributed by atoms with Crippen molar-refractivity contribution < 1.29 is 32.4 Å². The van der Waals surface area contributed by atoms with Gasteiger partial charge in [0.2, 0.25) is 12.3 Å². The van der Waals surface area contributed by atoms with Crippen molar-refractivity contribution in [2.75, 3.05) is 19.0 Å². The van der Waals surface area contributed by atoms with Crippen LogP contribution in [0.4, 0.5) is 24.1 Å². The van der Waals surface area contributed by atoms with Crippen molar-refractivity contribution in [2.24, 2.45) is 4.36 Å². The first kappa shape index (κ1) is 36.4. The van der Waals surface area contributed by atoms with Gasteiger partial charge in [0, 0.05) is 18.7 Å². The predicted molar refractivity (Wildman–Crippen MR) is 203 cm³/mol. The molecule has 5 aromatic rings. The van der Waals surface area contributed by atoms with Crippen LogP contribution in [0.25, 0.3) is 0 Å². The number of hydrogen-bond acceptors (Lipinski definition) is 5. The summed E-state index contributed by atoms with van der Waals surface area (Å²) < 4.78 is 60.4. The summed E-state index contributed by atoms with van der Waals surface area (Å²) in [6.07, 6.45) is 0.490. The summed E-state index contributed by atoms with van der Waals surface area (Å²) >= 11 is 0. The topological polar surface area (TPSA) is 138 Å². The third-order valence-corrected chi connectivity index (χ3v) is 12.9. The second kappa shape index (κ2) is 14.6. The highest BCUT2D eigenvalue weighted by molar-refractivity contribution is 7.92. The first-order valence-corrected chi connectivity index (χ1v) is 19.7. The van der Waals surface area contributed by atoms with Crippen molar-refractivity contribution in [3.05, 3.63) is 142 Å². The van der Waals surface area contributed by atoms with Crippen molar-refractivity contribution in [3.8, 4) is 5.88 Å². The molecule has 3 aliphatic rings. The number of amides is 3. The molecule has 0 spiro atoms. The molecule has 0 saturated carbocycles. The lowest BCUT2D eigenvalue weighted by molar-refractivity contribution is 0.0874. The number of aryl methyl sites for hydroxylation is 2. The van der Waals surface area contributed by atoms with E-state index in [4.69, 9.17) is 4.74 Å². The van der Waals surface area contributed by atoms with Crippen LogP contribution >= 0.6 is 0 Å².